The first-order valence-electron chi connectivity index (χ1n) is 16.3. The van der Waals surface area contributed by atoms with Gasteiger partial charge in [-0.15, -0.1) is 0 Å². The number of aromatic nitrogens is 2. The van der Waals surface area contributed by atoms with Gasteiger partial charge in [-0.1, -0.05) is 90.9 Å². The second-order valence-corrected chi connectivity index (χ2v) is 11.2. The number of pyridine rings is 2. The topological polar surface area (TPSA) is 31.8 Å². The maximum atomic E-state index is 3.56. The molecule has 0 saturated carbocycles. The fourth-order valence-corrected chi connectivity index (χ4v) is 5.02. The lowest BCUT2D eigenvalue weighted by molar-refractivity contribution is -0.697. The maximum absolute atomic E-state index is 3.56. The first kappa shape index (κ1) is 38.5. The molecule has 0 fully saturated rings. The highest BCUT2D eigenvalue weighted by molar-refractivity contribution is 5.40. The van der Waals surface area contributed by atoms with E-state index in [-0.39, 0.29) is 24.8 Å². The van der Waals surface area contributed by atoms with Crippen molar-refractivity contribution in [2.75, 3.05) is 23.7 Å². The molecule has 0 amide bonds. The second kappa shape index (κ2) is 27.6. The summed E-state index contributed by atoms with van der Waals surface area (Å²) in [5, 5.41) is 7.12. The molecule has 0 spiro atoms. The van der Waals surface area contributed by atoms with E-state index in [1.807, 2.05) is 0 Å². The van der Waals surface area contributed by atoms with E-state index in [0.29, 0.717) is 0 Å². The molecule has 0 saturated heterocycles. The Morgan fingerprint density at radius 1 is 0.425 bits per heavy atom. The standard InChI is InChI=1S/C34H58N4.2ClH/c1-3-5-7-13-17-25-35-33-21-29-37(30-22-33)27-19-15-11-9-10-12-16-20-28-38-31-23-34(24-32-38)36-26-18-14-8-6-4-2;;/h21-24,29-32H,3-20,25-28H2,1-2H3;2*1H. The van der Waals surface area contributed by atoms with Crippen molar-refractivity contribution in [3.63, 3.8) is 0 Å². The Hall–Kier alpha value is -1.52. The highest BCUT2D eigenvalue weighted by atomic mass is 35.5. The van der Waals surface area contributed by atoms with Gasteiger partial charge in [-0.2, -0.15) is 0 Å². The lowest BCUT2D eigenvalue weighted by Crippen LogP contribution is -3.00. The average molecular weight is 596 g/mol. The van der Waals surface area contributed by atoms with Crippen LogP contribution >= 0.6 is 0 Å². The average Bonchev–Trinajstić information content (AvgIpc) is 2.95. The van der Waals surface area contributed by atoms with Crippen LogP contribution in [0.4, 0.5) is 11.4 Å². The van der Waals surface area contributed by atoms with Crippen LogP contribution in [0.25, 0.3) is 0 Å². The van der Waals surface area contributed by atoms with E-state index in [1.165, 1.54) is 127 Å². The third-order valence-electron chi connectivity index (χ3n) is 7.58. The Morgan fingerprint density at radius 3 is 1.07 bits per heavy atom. The van der Waals surface area contributed by atoms with Gasteiger partial charge in [0.25, 0.3) is 0 Å². The fraction of sp³-hybridized carbons (Fsp3) is 0.706. The van der Waals surface area contributed by atoms with Crippen LogP contribution in [0, 0.1) is 0 Å². The van der Waals surface area contributed by atoms with Crippen LogP contribution in [-0.2, 0) is 13.1 Å². The van der Waals surface area contributed by atoms with E-state index in [4.69, 9.17) is 0 Å². The van der Waals surface area contributed by atoms with Crippen molar-refractivity contribution in [3.8, 4) is 0 Å². The summed E-state index contributed by atoms with van der Waals surface area (Å²) in [5.74, 6) is 0. The molecular formula is C34H60Cl2N4. The number of halogens is 2. The molecule has 230 valence electrons. The number of anilines is 2. The zero-order valence-electron chi connectivity index (χ0n) is 25.8. The Labute approximate surface area is 260 Å². The highest BCUT2D eigenvalue weighted by Crippen LogP contribution is 2.10. The van der Waals surface area contributed by atoms with Crippen molar-refractivity contribution in [2.45, 2.75) is 143 Å². The van der Waals surface area contributed by atoms with Crippen molar-refractivity contribution in [1.29, 1.82) is 0 Å². The molecule has 0 aliphatic carbocycles. The summed E-state index contributed by atoms with van der Waals surface area (Å²) in [6, 6.07) is 8.91. The predicted molar refractivity (Wildman–Crippen MR) is 165 cm³/mol. The van der Waals surface area contributed by atoms with Crippen molar-refractivity contribution < 1.29 is 33.9 Å². The minimum atomic E-state index is 0. The Bertz CT molecular complexity index is 716. The molecule has 0 atom stereocenters. The van der Waals surface area contributed by atoms with Crippen molar-refractivity contribution in [1.82, 2.24) is 0 Å². The Balaban J connectivity index is 0.00000760. The molecule has 0 unspecified atom stereocenters. The van der Waals surface area contributed by atoms with E-state index < -0.39 is 0 Å². The molecule has 0 aromatic carbocycles. The van der Waals surface area contributed by atoms with E-state index in [1.54, 1.807) is 0 Å². The second-order valence-electron chi connectivity index (χ2n) is 11.2. The van der Waals surface area contributed by atoms with Gasteiger partial charge in [-0.05, 0) is 25.7 Å². The van der Waals surface area contributed by atoms with Crippen molar-refractivity contribution in [3.05, 3.63) is 49.1 Å². The SMILES string of the molecule is CCCCCCCNc1cc[n+](CCCCCCCCCC[n+]2ccc(NCCCCCCC)cc2)cc1.[Cl-].[Cl-]. The smallest absolute Gasteiger partial charge is 0.170 e. The van der Waals surface area contributed by atoms with Crippen LogP contribution < -0.4 is 44.6 Å². The number of nitrogens with one attached hydrogen (secondary N) is 2. The number of nitrogens with zero attached hydrogens (tertiary/aromatic N) is 2. The van der Waals surface area contributed by atoms with Gasteiger partial charge in [0.15, 0.2) is 24.8 Å². The Morgan fingerprint density at radius 2 is 0.725 bits per heavy atom. The largest absolute Gasteiger partial charge is 1.00 e. The molecule has 0 aliphatic heterocycles. The van der Waals surface area contributed by atoms with Gasteiger partial charge < -0.3 is 35.4 Å². The summed E-state index contributed by atoms with van der Waals surface area (Å²) >= 11 is 0. The zero-order chi connectivity index (χ0) is 26.9. The molecule has 0 bridgehead atoms. The monoisotopic (exact) mass is 594 g/mol. The minimum absolute atomic E-state index is 0. The molecule has 40 heavy (non-hydrogen) atoms. The number of hydrogen-bond donors (Lipinski definition) is 2. The first-order chi connectivity index (χ1) is 18.8. The molecule has 2 N–H and O–H groups in total. The number of aryl methyl sites for hydroxylation is 2. The van der Waals surface area contributed by atoms with Crippen LogP contribution in [0.5, 0.6) is 0 Å². The molecule has 0 aliphatic rings. The van der Waals surface area contributed by atoms with Gasteiger partial charge >= 0.3 is 0 Å². The van der Waals surface area contributed by atoms with Crippen LogP contribution in [0.3, 0.4) is 0 Å². The summed E-state index contributed by atoms with van der Waals surface area (Å²) in [4.78, 5) is 0. The lowest BCUT2D eigenvalue weighted by Gasteiger charge is -2.06. The summed E-state index contributed by atoms with van der Waals surface area (Å²) in [5.41, 5.74) is 2.51. The molecular weight excluding hydrogens is 535 g/mol. The molecule has 6 heteroatoms. The van der Waals surface area contributed by atoms with Crippen molar-refractivity contribution >= 4 is 11.4 Å². The van der Waals surface area contributed by atoms with Gasteiger partial charge in [0, 0.05) is 61.6 Å². The highest BCUT2D eigenvalue weighted by Gasteiger charge is 2.03. The molecule has 2 heterocycles. The Kier molecular flexibility index (Phi) is 26.6. The normalized spacial score (nSPS) is 10.6. The van der Waals surface area contributed by atoms with Crippen LogP contribution in [0.2, 0.25) is 0 Å². The summed E-state index contributed by atoms with van der Waals surface area (Å²) < 4.78 is 4.67. The van der Waals surface area contributed by atoms with Gasteiger partial charge in [-0.25, -0.2) is 9.13 Å². The third-order valence-corrected chi connectivity index (χ3v) is 7.58. The quantitative estimate of drug-likeness (QED) is 0.137. The number of hydrogen-bond acceptors (Lipinski definition) is 2. The summed E-state index contributed by atoms with van der Waals surface area (Å²) in [6.07, 6.45) is 33.1. The fourth-order valence-electron chi connectivity index (χ4n) is 5.02. The van der Waals surface area contributed by atoms with E-state index in [9.17, 15) is 0 Å². The van der Waals surface area contributed by atoms with Gasteiger partial charge in [0.05, 0.1) is 0 Å². The van der Waals surface area contributed by atoms with E-state index >= 15 is 0 Å². The van der Waals surface area contributed by atoms with Crippen molar-refractivity contribution in [2.24, 2.45) is 0 Å². The summed E-state index contributed by atoms with van der Waals surface area (Å²) in [6.45, 7) is 9.02. The molecule has 0 radical (unpaired) electrons. The van der Waals surface area contributed by atoms with Crippen LogP contribution in [0.15, 0.2) is 49.1 Å². The molecule has 2 aromatic heterocycles. The lowest BCUT2D eigenvalue weighted by atomic mass is 10.1. The van der Waals surface area contributed by atoms with Gasteiger partial charge in [0.1, 0.15) is 13.1 Å². The minimum Gasteiger partial charge on any atom is -1.00 e. The molecule has 2 aromatic rings. The van der Waals surface area contributed by atoms with E-state index in [2.05, 4.69) is 82.7 Å². The zero-order valence-corrected chi connectivity index (χ0v) is 27.3. The van der Waals surface area contributed by atoms with Gasteiger partial charge in [0.2, 0.25) is 0 Å². The molecule has 2 rings (SSSR count). The van der Waals surface area contributed by atoms with Crippen LogP contribution in [-0.4, -0.2) is 13.1 Å². The predicted octanol–water partition coefficient (Wildman–Crippen LogP) is 2.86. The number of unbranched alkanes of at least 4 members (excludes halogenated alkanes) is 15. The maximum Gasteiger partial charge on any atom is 0.170 e. The first-order valence-corrected chi connectivity index (χ1v) is 16.3. The van der Waals surface area contributed by atoms with E-state index in [0.717, 1.165) is 26.2 Å². The van der Waals surface area contributed by atoms with Crippen LogP contribution in [0.1, 0.15) is 129 Å². The molecule has 4 nitrogen and oxygen atoms in total. The van der Waals surface area contributed by atoms with Gasteiger partial charge in [-0.3, -0.25) is 0 Å². The summed E-state index contributed by atoms with van der Waals surface area (Å²) in [7, 11) is 0. The third kappa shape index (κ3) is 20.4. The number of rotatable bonds is 25.